The number of hydrogen-bond acceptors (Lipinski definition) is 3. The molecule has 1 amide bonds. The number of benzene rings is 2. The first-order valence-corrected chi connectivity index (χ1v) is 7.09. The van der Waals surface area contributed by atoms with E-state index in [1.807, 2.05) is 24.3 Å². The average Bonchev–Trinajstić information content (AvgIpc) is 2.49. The maximum Gasteiger partial charge on any atom is 0.257 e. The van der Waals surface area contributed by atoms with E-state index in [1.54, 1.807) is 0 Å². The Balaban J connectivity index is 2.07. The highest BCUT2D eigenvalue weighted by molar-refractivity contribution is 6.08. The Morgan fingerprint density at radius 2 is 1.90 bits per heavy atom. The van der Waals surface area contributed by atoms with Crippen LogP contribution in [0, 0.1) is 0 Å². The molecular weight excluding hydrogens is 264 g/mol. The summed E-state index contributed by atoms with van der Waals surface area (Å²) in [7, 11) is 0. The van der Waals surface area contributed by atoms with E-state index in [4.69, 9.17) is 5.73 Å². The molecule has 0 aliphatic rings. The largest absolute Gasteiger partial charge is 0.508 e. The van der Waals surface area contributed by atoms with Crippen LogP contribution in [0.5, 0.6) is 5.75 Å². The van der Waals surface area contributed by atoms with Crippen molar-refractivity contribution < 1.29 is 9.90 Å². The van der Waals surface area contributed by atoms with Crippen LogP contribution in [0.3, 0.4) is 0 Å². The van der Waals surface area contributed by atoms with Crippen LogP contribution in [0.25, 0.3) is 0 Å². The molecule has 4 N–H and O–H groups in total. The smallest absolute Gasteiger partial charge is 0.257 e. The summed E-state index contributed by atoms with van der Waals surface area (Å²) in [5.41, 5.74) is 8.32. The van der Waals surface area contributed by atoms with Gasteiger partial charge >= 0.3 is 0 Å². The Labute approximate surface area is 124 Å². The van der Waals surface area contributed by atoms with Crippen LogP contribution in [-0.4, -0.2) is 11.0 Å². The van der Waals surface area contributed by atoms with Gasteiger partial charge in [-0.05, 0) is 48.7 Å². The Morgan fingerprint density at radius 3 is 2.57 bits per heavy atom. The summed E-state index contributed by atoms with van der Waals surface area (Å²) in [6, 6.07) is 12.1. The van der Waals surface area contributed by atoms with E-state index in [2.05, 4.69) is 12.2 Å². The van der Waals surface area contributed by atoms with E-state index < -0.39 is 0 Å². The van der Waals surface area contributed by atoms with Crippen molar-refractivity contribution in [3.8, 4) is 5.75 Å². The summed E-state index contributed by atoms with van der Waals surface area (Å²) in [5.74, 6) is -0.311. The van der Waals surface area contributed by atoms with E-state index in [-0.39, 0.29) is 17.2 Å². The summed E-state index contributed by atoms with van der Waals surface area (Å²) in [5, 5.41) is 12.2. The van der Waals surface area contributed by atoms with Crippen molar-refractivity contribution in [2.45, 2.75) is 26.2 Å². The second-order valence-electron chi connectivity index (χ2n) is 5.03. The summed E-state index contributed by atoms with van der Waals surface area (Å²) in [4.78, 5) is 12.1. The molecule has 2 aromatic carbocycles. The number of carbonyl (C=O) groups is 1. The highest BCUT2D eigenvalue weighted by Crippen LogP contribution is 2.20. The van der Waals surface area contributed by atoms with Crippen molar-refractivity contribution in [3.63, 3.8) is 0 Å². The van der Waals surface area contributed by atoms with Gasteiger partial charge in [-0.3, -0.25) is 4.79 Å². The standard InChI is InChI=1S/C17H20N2O2/c1-2-3-4-12-5-7-13(8-6-12)19-17(21)15-11-14(20)9-10-16(15)18/h5-11,20H,2-4,18H2,1H3,(H,19,21). The van der Waals surface area contributed by atoms with Gasteiger partial charge in [-0.15, -0.1) is 0 Å². The van der Waals surface area contributed by atoms with Gasteiger partial charge in [-0.1, -0.05) is 25.5 Å². The molecule has 0 saturated carbocycles. The van der Waals surface area contributed by atoms with Gasteiger partial charge in [-0.2, -0.15) is 0 Å². The molecule has 2 rings (SSSR count). The summed E-state index contributed by atoms with van der Waals surface area (Å²) in [6.07, 6.45) is 3.37. The van der Waals surface area contributed by atoms with Gasteiger partial charge in [0, 0.05) is 11.4 Å². The molecule has 0 unspecified atom stereocenters. The Morgan fingerprint density at radius 1 is 1.19 bits per heavy atom. The van der Waals surface area contributed by atoms with Gasteiger partial charge in [0.25, 0.3) is 5.91 Å². The molecule has 21 heavy (non-hydrogen) atoms. The van der Waals surface area contributed by atoms with Gasteiger partial charge in [0.2, 0.25) is 0 Å². The lowest BCUT2D eigenvalue weighted by Crippen LogP contribution is -2.13. The van der Waals surface area contributed by atoms with E-state index in [0.29, 0.717) is 11.4 Å². The molecular formula is C17H20N2O2. The molecule has 0 atom stereocenters. The molecule has 0 aliphatic carbocycles. The van der Waals surface area contributed by atoms with Crippen LogP contribution in [0.4, 0.5) is 11.4 Å². The van der Waals surface area contributed by atoms with Crippen molar-refractivity contribution in [1.29, 1.82) is 0 Å². The third kappa shape index (κ3) is 3.99. The highest BCUT2D eigenvalue weighted by atomic mass is 16.3. The number of nitrogens with one attached hydrogen (secondary N) is 1. The van der Waals surface area contributed by atoms with Crippen LogP contribution in [-0.2, 0) is 6.42 Å². The zero-order valence-corrected chi connectivity index (χ0v) is 12.1. The SMILES string of the molecule is CCCCc1ccc(NC(=O)c2cc(O)ccc2N)cc1. The lowest BCUT2D eigenvalue weighted by molar-refractivity contribution is 0.102. The minimum Gasteiger partial charge on any atom is -0.508 e. The second kappa shape index (κ2) is 6.79. The van der Waals surface area contributed by atoms with Gasteiger partial charge in [0.05, 0.1) is 5.56 Å². The number of unbranched alkanes of at least 4 members (excludes halogenated alkanes) is 1. The quantitative estimate of drug-likeness (QED) is 0.580. The molecule has 0 aliphatic heterocycles. The Hall–Kier alpha value is -2.49. The van der Waals surface area contributed by atoms with Crippen molar-refractivity contribution >= 4 is 17.3 Å². The fourth-order valence-electron chi connectivity index (χ4n) is 2.07. The van der Waals surface area contributed by atoms with Crippen LogP contribution in [0.15, 0.2) is 42.5 Å². The average molecular weight is 284 g/mol. The number of rotatable bonds is 5. The van der Waals surface area contributed by atoms with Crippen molar-refractivity contribution in [3.05, 3.63) is 53.6 Å². The molecule has 2 aromatic rings. The predicted molar refractivity (Wildman–Crippen MR) is 85.5 cm³/mol. The van der Waals surface area contributed by atoms with Gasteiger partial charge in [0.1, 0.15) is 5.75 Å². The monoisotopic (exact) mass is 284 g/mol. The third-order valence-corrected chi connectivity index (χ3v) is 3.31. The number of aryl methyl sites for hydroxylation is 1. The lowest BCUT2D eigenvalue weighted by atomic mass is 10.1. The number of anilines is 2. The van der Waals surface area contributed by atoms with E-state index in [9.17, 15) is 9.90 Å². The predicted octanol–water partition coefficient (Wildman–Crippen LogP) is 3.57. The van der Waals surface area contributed by atoms with Crippen LogP contribution in [0.2, 0.25) is 0 Å². The lowest BCUT2D eigenvalue weighted by Gasteiger charge is -2.09. The fraction of sp³-hybridized carbons (Fsp3) is 0.235. The number of nitrogens with two attached hydrogens (primary N) is 1. The first-order valence-electron chi connectivity index (χ1n) is 7.09. The first-order chi connectivity index (χ1) is 10.1. The fourth-order valence-corrected chi connectivity index (χ4v) is 2.07. The third-order valence-electron chi connectivity index (χ3n) is 3.31. The minimum atomic E-state index is -0.329. The van der Waals surface area contributed by atoms with Crippen molar-refractivity contribution in [2.75, 3.05) is 11.1 Å². The highest BCUT2D eigenvalue weighted by Gasteiger charge is 2.10. The molecule has 0 bridgehead atoms. The Bertz CT molecular complexity index is 621. The number of hydrogen-bond donors (Lipinski definition) is 3. The first kappa shape index (κ1) is 14.9. The zero-order valence-electron chi connectivity index (χ0n) is 12.1. The van der Waals surface area contributed by atoms with E-state index >= 15 is 0 Å². The van der Waals surface area contributed by atoms with E-state index in [1.165, 1.54) is 23.8 Å². The van der Waals surface area contributed by atoms with Crippen LogP contribution in [0.1, 0.15) is 35.7 Å². The molecule has 0 aromatic heterocycles. The second-order valence-corrected chi connectivity index (χ2v) is 5.03. The zero-order chi connectivity index (χ0) is 15.2. The molecule has 0 spiro atoms. The summed E-state index contributed by atoms with van der Waals surface area (Å²) in [6.45, 7) is 2.16. The summed E-state index contributed by atoms with van der Waals surface area (Å²) >= 11 is 0. The molecule has 0 fully saturated rings. The minimum absolute atomic E-state index is 0.0178. The van der Waals surface area contributed by atoms with Gasteiger partial charge in [0.15, 0.2) is 0 Å². The number of carbonyl (C=O) groups excluding carboxylic acids is 1. The molecule has 110 valence electrons. The Kier molecular flexibility index (Phi) is 4.82. The number of phenolic OH excluding ortho intramolecular Hbond substituents is 1. The number of nitrogen functional groups attached to an aromatic ring is 1. The maximum absolute atomic E-state index is 12.1. The molecule has 0 heterocycles. The van der Waals surface area contributed by atoms with Gasteiger partial charge < -0.3 is 16.2 Å². The topological polar surface area (TPSA) is 75.3 Å². The van der Waals surface area contributed by atoms with Crippen molar-refractivity contribution in [2.24, 2.45) is 0 Å². The normalized spacial score (nSPS) is 10.3. The number of amides is 1. The molecule has 4 nitrogen and oxygen atoms in total. The molecule has 0 radical (unpaired) electrons. The number of aromatic hydroxyl groups is 1. The van der Waals surface area contributed by atoms with Crippen LogP contribution >= 0.6 is 0 Å². The van der Waals surface area contributed by atoms with Crippen LogP contribution < -0.4 is 11.1 Å². The number of phenols is 1. The van der Waals surface area contributed by atoms with Gasteiger partial charge in [-0.25, -0.2) is 0 Å². The molecule has 4 heteroatoms. The van der Waals surface area contributed by atoms with Crippen molar-refractivity contribution in [1.82, 2.24) is 0 Å². The van der Waals surface area contributed by atoms with E-state index in [0.717, 1.165) is 19.3 Å². The molecule has 0 saturated heterocycles. The maximum atomic E-state index is 12.1. The summed E-state index contributed by atoms with van der Waals surface area (Å²) < 4.78 is 0.